The van der Waals surface area contributed by atoms with Gasteiger partial charge in [-0.15, -0.1) is 0 Å². The predicted molar refractivity (Wildman–Crippen MR) is 93.5 cm³/mol. The van der Waals surface area contributed by atoms with Crippen LogP contribution in [0, 0.1) is 5.82 Å². The zero-order valence-electron chi connectivity index (χ0n) is 10.8. The van der Waals surface area contributed by atoms with Crippen LogP contribution >= 0.6 is 47.8 Å². The molecular formula is C16H14Br3F. The molecule has 0 saturated heterocycles. The molecule has 2 aromatic rings. The first kappa shape index (κ1) is 16.2. The molecule has 0 bridgehead atoms. The molecule has 0 aliphatic rings. The van der Waals surface area contributed by atoms with E-state index < -0.39 is 0 Å². The summed E-state index contributed by atoms with van der Waals surface area (Å²) in [6, 6.07) is 15.1. The van der Waals surface area contributed by atoms with Crippen molar-refractivity contribution >= 4 is 47.8 Å². The van der Waals surface area contributed by atoms with Gasteiger partial charge in [0.2, 0.25) is 0 Å². The molecule has 0 spiro atoms. The monoisotopic (exact) mass is 462 g/mol. The molecule has 0 radical (unpaired) electrons. The van der Waals surface area contributed by atoms with Crippen LogP contribution in [0.3, 0.4) is 0 Å². The van der Waals surface area contributed by atoms with Gasteiger partial charge in [0.15, 0.2) is 0 Å². The highest BCUT2D eigenvalue weighted by Crippen LogP contribution is 2.33. The van der Waals surface area contributed by atoms with Crippen molar-refractivity contribution < 1.29 is 4.39 Å². The molecule has 2 rings (SSSR count). The van der Waals surface area contributed by atoms with Gasteiger partial charge in [0.25, 0.3) is 0 Å². The van der Waals surface area contributed by atoms with Crippen LogP contribution in [-0.4, -0.2) is 10.7 Å². The van der Waals surface area contributed by atoms with Crippen LogP contribution in [-0.2, 0) is 11.8 Å². The maximum atomic E-state index is 13.4. The zero-order chi connectivity index (χ0) is 14.6. The standard InChI is InChI=1S/C16H14Br3F/c17-10-16(11-18,13-4-6-14(19)7-5-13)9-12-2-1-3-15(20)8-12/h1-8H,9-11H2. The van der Waals surface area contributed by atoms with Crippen molar-refractivity contribution in [3.8, 4) is 0 Å². The summed E-state index contributed by atoms with van der Waals surface area (Å²) in [4.78, 5) is 0. The molecule has 2 aromatic carbocycles. The summed E-state index contributed by atoms with van der Waals surface area (Å²) < 4.78 is 14.4. The third-order valence-electron chi connectivity index (χ3n) is 3.40. The highest BCUT2D eigenvalue weighted by molar-refractivity contribution is 9.10. The number of rotatable bonds is 5. The third-order valence-corrected chi connectivity index (χ3v) is 6.08. The maximum Gasteiger partial charge on any atom is 0.123 e. The summed E-state index contributed by atoms with van der Waals surface area (Å²) in [7, 11) is 0. The van der Waals surface area contributed by atoms with E-state index >= 15 is 0 Å². The van der Waals surface area contributed by atoms with Crippen molar-refractivity contribution in [2.24, 2.45) is 0 Å². The molecule has 0 aliphatic heterocycles. The van der Waals surface area contributed by atoms with E-state index in [0.717, 1.165) is 27.1 Å². The van der Waals surface area contributed by atoms with Crippen LogP contribution in [0.15, 0.2) is 53.0 Å². The van der Waals surface area contributed by atoms with Crippen molar-refractivity contribution in [1.82, 2.24) is 0 Å². The van der Waals surface area contributed by atoms with Crippen LogP contribution < -0.4 is 0 Å². The summed E-state index contributed by atoms with van der Waals surface area (Å²) in [5.41, 5.74) is 2.15. The second-order valence-electron chi connectivity index (χ2n) is 4.86. The quantitative estimate of drug-likeness (QED) is 0.486. The van der Waals surface area contributed by atoms with Crippen molar-refractivity contribution in [3.05, 3.63) is 69.9 Å². The van der Waals surface area contributed by atoms with Crippen LogP contribution in [0.2, 0.25) is 0 Å². The summed E-state index contributed by atoms with van der Waals surface area (Å²) in [5, 5.41) is 1.62. The molecule has 0 amide bonds. The lowest BCUT2D eigenvalue weighted by Gasteiger charge is -2.31. The third kappa shape index (κ3) is 3.71. The smallest absolute Gasteiger partial charge is 0.123 e. The molecule has 0 aliphatic carbocycles. The van der Waals surface area contributed by atoms with E-state index in [0.29, 0.717) is 0 Å². The molecule has 0 unspecified atom stereocenters. The Morgan fingerprint density at radius 1 is 0.950 bits per heavy atom. The van der Waals surface area contributed by atoms with Gasteiger partial charge < -0.3 is 0 Å². The minimum absolute atomic E-state index is 0.0888. The van der Waals surface area contributed by atoms with Gasteiger partial charge in [-0.1, -0.05) is 72.1 Å². The molecule has 0 saturated carbocycles. The summed E-state index contributed by atoms with van der Waals surface area (Å²) in [6.07, 6.45) is 0.781. The Morgan fingerprint density at radius 3 is 2.15 bits per heavy atom. The zero-order valence-corrected chi connectivity index (χ0v) is 15.5. The first-order valence-corrected chi connectivity index (χ1v) is 9.26. The molecule has 0 N–H and O–H groups in total. The number of hydrogen-bond acceptors (Lipinski definition) is 0. The SMILES string of the molecule is Fc1cccc(CC(CBr)(CBr)c2ccc(Br)cc2)c1. The Kier molecular flexibility index (Phi) is 5.82. The lowest BCUT2D eigenvalue weighted by Crippen LogP contribution is -2.33. The largest absolute Gasteiger partial charge is 0.207 e. The van der Waals surface area contributed by atoms with Crippen molar-refractivity contribution in [2.75, 3.05) is 10.7 Å². The van der Waals surface area contributed by atoms with Crippen LogP contribution in [0.4, 0.5) is 4.39 Å². The van der Waals surface area contributed by atoms with Gasteiger partial charge in [-0.05, 0) is 41.8 Å². The highest BCUT2D eigenvalue weighted by atomic mass is 79.9. The van der Waals surface area contributed by atoms with Gasteiger partial charge in [0, 0.05) is 20.5 Å². The highest BCUT2D eigenvalue weighted by Gasteiger charge is 2.30. The van der Waals surface area contributed by atoms with E-state index in [1.807, 2.05) is 18.2 Å². The molecule has 0 fully saturated rings. The van der Waals surface area contributed by atoms with Crippen molar-refractivity contribution in [3.63, 3.8) is 0 Å². The number of hydrogen-bond donors (Lipinski definition) is 0. The Hall–Kier alpha value is -0.190. The number of alkyl halides is 2. The first-order chi connectivity index (χ1) is 9.59. The molecule has 0 heterocycles. The molecule has 0 nitrogen and oxygen atoms in total. The summed E-state index contributed by atoms with van der Waals surface area (Å²) >= 11 is 10.7. The summed E-state index contributed by atoms with van der Waals surface area (Å²) in [5.74, 6) is -0.184. The van der Waals surface area contributed by atoms with E-state index in [4.69, 9.17) is 0 Å². The predicted octanol–water partition coefficient (Wildman–Crippen LogP) is 5.86. The molecule has 106 valence electrons. The molecule has 20 heavy (non-hydrogen) atoms. The Labute approximate surface area is 144 Å². The number of halogens is 4. The van der Waals surface area contributed by atoms with Gasteiger partial charge in [0.1, 0.15) is 5.82 Å². The van der Waals surface area contributed by atoms with E-state index in [9.17, 15) is 4.39 Å². The van der Waals surface area contributed by atoms with Crippen LogP contribution in [0.25, 0.3) is 0 Å². The van der Waals surface area contributed by atoms with Gasteiger partial charge in [-0.2, -0.15) is 0 Å². The number of benzene rings is 2. The van der Waals surface area contributed by atoms with Crippen LogP contribution in [0.5, 0.6) is 0 Å². The lowest BCUT2D eigenvalue weighted by atomic mass is 9.79. The van der Waals surface area contributed by atoms with Gasteiger partial charge in [-0.25, -0.2) is 4.39 Å². The molecule has 4 heteroatoms. The first-order valence-electron chi connectivity index (χ1n) is 6.22. The van der Waals surface area contributed by atoms with E-state index in [1.165, 1.54) is 11.6 Å². The minimum Gasteiger partial charge on any atom is -0.207 e. The lowest BCUT2D eigenvalue weighted by molar-refractivity contribution is 0.546. The van der Waals surface area contributed by atoms with Gasteiger partial charge in [-0.3, -0.25) is 0 Å². The fourth-order valence-corrected chi connectivity index (χ4v) is 4.46. The second-order valence-corrected chi connectivity index (χ2v) is 6.90. The van der Waals surface area contributed by atoms with Crippen molar-refractivity contribution in [2.45, 2.75) is 11.8 Å². The second kappa shape index (κ2) is 7.19. The Balaban J connectivity index is 2.36. The average Bonchev–Trinajstić information content (AvgIpc) is 2.46. The van der Waals surface area contributed by atoms with Gasteiger partial charge >= 0.3 is 0 Å². The van der Waals surface area contributed by atoms with Crippen LogP contribution in [0.1, 0.15) is 11.1 Å². The van der Waals surface area contributed by atoms with Gasteiger partial charge in [0.05, 0.1) is 0 Å². The van der Waals surface area contributed by atoms with E-state index in [2.05, 4.69) is 59.9 Å². The fourth-order valence-electron chi connectivity index (χ4n) is 2.23. The van der Waals surface area contributed by atoms with E-state index in [-0.39, 0.29) is 11.2 Å². The fraction of sp³-hybridized carbons (Fsp3) is 0.250. The Bertz CT molecular complexity index is 562. The minimum atomic E-state index is -0.184. The Morgan fingerprint density at radius 2 is 1.60 bits per heavy atom. The normalized spacial score (nSPS) is 11.6. The van der Waals surface area contributed by atoms with E-state index in [1.54, 1.807) is 12.1 Å². The molecule has 0 aromatic heterocycles. The topological polar surface area (TPSA) is 0 Å². The average molecular weight is 465 g/mol. The summed E-state index contributed by atoms with van der Waals surface area (Å²) in [6.45, 7) is 0. The van der Waals surface area contributed by atoms with Crippen molar-refractivity contribution in [1.29, 1.82) is 0 Å². The molecule has 0 atom stereocenters. The maximum absolute atomic E-state index is 13.4. The molecular weight excluding hydrogens is 451 g/mol.